The number of benzene rings is 1. The number of para-hydroxylation sites is 1. The number of unbranched alkanes of at least 4 members (excludes halogenated alkanes) is 2. The Bertz CT molecular complexity index is 502. The Morgan fingerprint density at radius 2 is 1.91 bits per heavy atom. The van der Waals surface area contributed by atoms with Crippen molar-refractivity contribution in [3.63, 3.8) is 0 Å². The van der Waals surface area contributed by atoms with E-state index < -0.39 is 7.80 Å². The fraction of sp³-hybridized carbons (Fsp3) is 0.611. The van der Waals surface area contributed by atoms with E-state index in [9.17, 15) is 9.36 Å². The lowest BCUT2D eigenvalue weighted by Gasteiger charge is -2.09. The summed E-state index contributed by atoms with van der Waals surface area (Å²) in [6, 6.07) is 7.48. The van der Waals surface area contributed by atoms with Gasteiger partial charge >= 0.3 is 13.8 Å². The lowest BCUT2D eigenvalue weighted by Crippen LogP contribution is -2.19. The van der Waals surface area contributed by atoms with Crippen LogP contribution in [-0.2, 0) is 14.1 Å². The zero-order chi connectivity index (χ0) is 17.1. The first-order valence-corrected chi connectivity index (χ1v) is 9.74. The topological polar surface area (TPSA) is 52.6 Å². The molecule has 4 nitrogen and oxygen atoms in total. The molecule has 1 aromatic carbocycles. The number of ether oxygens (including phenoxy) is 2. The van der Waals surface area contributed by atoms with Crippen molar-refractivity contribution in [2.75, 3.05) is 13.2 Å². The average Bonchev–Trinajstić information content (AvgIpc) is 2.55. The van der Waals surface area contributed by atoms with E-state index in [4.69, 9.17) is 9.47 Å². The Labute approximate surface area is 140 Å². The zero-order valence-corrected chi connectivity index (χ0v) is 15.3. The summed E-state index contributed by atoms with van der Waals surface area (Å²) in [5.74, 6) is 0.354. The van der Waals surface area contributed by atoms with Gasteiger partial charge in [-0.15, -0.1) is 0 Å². The summed E-state index contributed by atoms with van der Waals surface area (Å²) in [5.41, 5.74) is -0.167. The SMILES string of the molecule is CCCCCOc1ccccc1[P+](=O)C(CCC)COC(C)=O. The van der Waals surface area contributed by atoms with E-state index in [2.05, 4.69) is 6.92 Å². The highest BCUT2D eigenvalue weighted by atomic mass is 31.1. The number of carbonyl (C=O) groups excluding carboxylic acids is 1. The molecule has 0 aliphatic carbocycles. The van der Waals surface area contributed by atoms with Gasteiger partial charge < -0.3 is 9.47 Å². The van der Waals surface area contributed by atoms with Crippen LogP contribution in [0.25, 0.3) is 0 Å². The third-order valence-electron chi connectivity index (χ3n) is 3.54. The van der Waals surface area contributed by atoms with E-state index in [1.54, 1.807) is 0 Å². The first-order chi connectivity index (χ1) is 11.1. The Morgan fingerprint density at radius 3 is 2.57 bits per heavy atom. The molecule has 0 bridgehead atoms. The Balaban J connectivity index is 2.80. The summed E-state index contributed by atoms with van der Waals surface area (Å²) in [7, 11) is -1.67. The van der Waals surface area contributed by atoms with Crippen LogP contribution in [0, 0.1) is 0 Å². The quantitative estimate of drug-likeness (QED) is 0.340. The van der Waals surface area contributed by atoms with Crippen LogP contribution in [0.2, 0.25) is 0 Å². The van der Waals surface area contributed by atoms with Crippen LogP contribution in [0.5, 0.6) is 5.75 Å². The number of esters is 1. The molecule has 0 aliphatic rings. The normalized spacial score (nSPS) is 12.6. The van der Waals surface area contributed by atoms with Gasteiger partial charge in [0.1, 0.15) is 6.61 Å². The molecule has 2 unspecified atom stereocenters. The van der Waals surface area contributed by atoms with Gasteiger partial charge in [-0.1, -0.05) is 49.8 Å². The molecule has 0 saturated carbocycles. The Kier molecular flexibility index (Phi) is 9.54. The predicted molar refractivity (Wildman–Crippen MR) is 94.0 cm³/mol. The Hall–Kier alpha value is -1.41. The number of carbonyl (C=O) groups is 1. The van der Waals surface area contributed by atoms with Gasteiger partial charge in [0.25, 0.3) is 0 Å². The van der Waals surface area contributed by atoms with Crippen LogP contribution < -0.4 is 10.0 Å². The van der Waals surface area contributed by atoms with Crippen molar-refractivity contribution in [2.45, 2.75) is 58.5 Å². The predicted octanol–water partition coefficient (Wildman–Crippen LogP) is 4.44. The third kappa shape index (κ3) is 7.13. The fourth-order valence-electron chi connectivity index (χ4n) is 2.31. The molecule has 23 heavy (non-hydrogen) atoms. The molecule has 0 spiro atoms. The number of hydrogen-bond acceptors (Lipinski definition) is 4. The fourth-order valence-corrected chi connectivity index (χ4v) is 3.99. The second-order valence-electron chi connectivity index (χ2n) is 5.59. The smallest absolute Gasteiger partial charge is 0.387 e. The number of rotatable bonds is 11. The first-order valence-electron chi connectivity index (χ1n) is 8.41. The van der Waals surface area contributed by atoms with E-state index in [0.717, 1.165) is 37.4 Å². The molecule has 2 atom stereocenters. The van der Waals surface area contributed by atoms with E-state index in [1.807, 2.05) is 31.2 Å². The maximum atomic E-state index is 12.9. The van der Waals surface area contributed by atoms with Gasteiger partial charge in [-0.2, -0.15) is 0 Å². The van der Waals surface area contributed by atoms with Crippen molar-refractivity contribution in [3.8, 4) is 5.75 Å². The van der Waals surface area contributed by atoms with Crippen LogP contribution in [0.1, 0.15) is 52.9 Å². The monoisotopic (exact) mass is 339 g/mol. The maximum absolute atomic E-state index is 12.9. The summed E-state index contributed by atoms with van der Waals surface area (Å²) >= 11 is 0. The van der Waals surface area contributed by atoms with Crippen LogP contribution >= 0.6 is 7.80 Å². The van der Waals surface area contributed by atoms with Gasteiger partial charge in [0.05, 0.1) is 6.61 Å². The summed E-state index contributed by atoms with van der Waals surface area (Å²) < 4.78 is 23.8. The highest BCUT2D eigenvalue weighted by Crippen LogP contribution is 2.34. The highest BCUT2D eigenvalue weighted by Gasteiger charge is 2.35. The van der Waals surface area contributed by atoms with E-state index >= 15 is 0 Å². The molecule has 0 radical (unpaired) electrons. The van der Waals surface area contributed by atoms with Crippen molar-refractivity contribution in [2.24, 2.45) is 0 Å². The molecule has 128 valence electrons. The third-order valence-corrected chi connectivity index (χ3v) is 5.46. The zero-order valence-electron chi connectivity index (χ0n) is 14.4. The average molecular weight is 339 g/mol. The summed E-state index contributed by atoms with van der Waals surface area (Å²) in [6.45, 7) is 6.39. The maximum Gasteiger partial charge on any atom is 0.387 e. The van der Waals surface area contributed by atoms with Crippen molar-refractivity contribution >= 4 is 19.1 Å². The molecule has 0 aromatic heterocycles. The minimum atomic E-state index is -1.67. The second-order valence-corrected chi connectivity index (χ2v) is 7.46. The van der Waals surface area contributed by atoms with Gasteiger partial charge in [-0.05, 0) is 25.0 Å². The number of hydrogen-bond donors (Lipinski definition) is 0. The van der Waals surface area contributed by atoms with Gasteiger partial charge in [0.15, 0.2) is 11.4 Å². The van der Waals surface area contributed by atoms with Crippen molar-refractivity contribution < 1.29 is 18.8 Å². The van der Waals surface area contributed by atoms with Crippen molar-refractivity contribution in [3.05, 3.63) is 24.3 Å². The molecule has 0 fully saturated rings. The van der Waals surface area contributed by atoms with Crippen LogP contribution in [0.3, 0.4) is 0 Å². The molecule has 1 aromatic rings. The van der Waals surface area contributed by atoms with Gasteiger partial charge in [-0.3, -0.25) is 4.79 Å². The van der Waals surface area contributed by atoms with Crippen LogP contribution in [0.4, 0.5) is 0 Å². The molecule has 0 heterocycles. The summed E-state index contributed by atoms with van der Waals surface area (Å²) in [6.07, 6.45) is 4.91. The molecule has 0 aliphatic heterocycles. The van der Waals surface area contributed by atoms with Crippen LogP contribution in [-0.4, -0.2) is 24.8 Å². The molecular weight excluding hydrogens is 311 g/mol. The molecular formula is C18H28O4P+. The minimum Gasteiger partial charge on any atom is -0.489 e. The van der Waals surface area contributed by atoms with Crippen LogP contribution in [0.15, 0.2) is 24.3 Å². The van der Waals surface area contributed by atoms with E-state index in [-0.39, 0.29) is 18.2 Å². The summed E-state index contributed by atoms with van der Waals surface area (Å²) in [5, 5.41) is 0.726. The van der Waals surface area contributed by atoms with Crippen molar-refractivity contribution in [1.29, 1.82) is 0 Å². The van der Waals surface area contributed by atoms with Gasteiger partial charge in [-0.25, -0.2) is 0 Å². The lowest BCUT2D eigenvalue weighted by atomic mass is 10.2. The van der Waals surface area contributed by atoms with E-state index in [0.29, 0.717) is 12.4 Å². The van der Waals surface area contributed by atoms with Gasteiger partial charge in [0, 0.05) is 6.92 Å². The molecule has 0 amide bonds. The molecule has 0 N–H and O–H groups in total. The lowest BCUT2D eigenvalue weighted by molar-refractivity contribution is -0.140. The minimum absolute atomic E-state index is 0.167. The van der Waals surface area contributed by atoms with Crippen molar-refractivity contribution in [1.82, 2.24) is 0 Å². The molecule has 1 rings (SSSR count). The first kappa shape index (κ1) is 19.6. The van der Waals surface area contributed by atoms with Gasteiger partial charge in [0.2, 0.25) is 5.30 Å². The molecule has 0 saturated heterocycles. The second kappa shape index (κ2) is 11.2. The largest absolute Gasteiger partial charge is 0.489 e. The summed E-state index contributed by atoms with van der Waals surface area (Å²) in [4.78, 5) is 11.0. The molecule has 5 heteroatoms. The Morgan fingerprint density at radius 1 is 1.17 bits per heavy atom. The highest BCUT2D eigenvalue weighted by molar-refractivity contribution is 7.54. The standard InChI is InChI=1S/C18H28O4P/c1-4-6-9-13-21-17-11-7-8-12-18(17)23(20)16(10-5-2)14-22-15(3)19/h7-8,11-12,16H,4-6,9-10,13-14H2,1-3H3/q+1. The van der Waals surface area contributed by atoms with E-state index in [1.165, 1.54) is 6.92 Å².